The number of hydrogen-bond acceptors (Lipinski definition) is 4. The topological polar surface area (TPSA) is 33.7 Å². The molecule has 0 unspecified atom stereocenters. The van der Waals surface area contributed by atoms with E-state index < -0.39 is 0 Å². The lowest BCUT2D eigenvalue weighted by molar-refractivity contribution is -0.00469. The third kappa shape index (κ3) is 4.59. The van der Waals surface area contributed by atoms with Crippen molar-refractivity contribution in [2.75, 3.05) is 25.5 Å². The molecular formula is C20H30N2O2. The van der Waals surface area contributed by atoms with Crippen molar-refractivity contribution in [1.29, 1.82) is 0 Å². The summed E-state index contributed by atoms with van der Waals surface area (Å²) in [5, 5.41) is 3.64. The van der Waals surface area contributed by atoms with Crippen LogP contribution in [-0.4, -0.2) is 36.7 Å². The summed E-state index contributed by atoms with van der Waals surface area (Å²) >= 11 is 0. The molecule has 4 nitrogen and oxygen atoms in total. The van der Waals surface area contributed by atoms with Crippen molar-refractivity contribution >= 4 is 5.69 Å². The molecule has 2 aliphatic rings. The molecule has 3 rings (SSSR count). The summed E-state index contributed by atoms with van der Waals surface area (Å²) in [7, 11) is 1.71. The molecule has 0 bridgehead atoms. The van der Waals surface area contributed by atoms with Crippen molar-refractivity contribution < 1.29 is 9.47 Å². The molecule has 1 aliphatic carbocycles. The molecule has 2 fully saturated rings. The first-order valence-corrected chi connectivity index (χ1v) is 9.01. The molecular weight excluding hydrogens is 300 g/mol. The Morgan fingerprint density at radius 1 is 1.17 bits per heavy atom. The number of nitrogens with zero attached hydrogens (tertiary/aromatic N) is 1. The molecule has 1 saturated carbocycles. The molecule has 1 aliphatic heterocycles. The van der Waals surface area contributed by atoms with Gasteiger partial charge in [-0.05, 0) is 64.2 Å². The number of methoxy groups -OCH3 is 1. The zero-order valence-electron chi connectivity index (χ0n) is 15.4. The summed E-state index contributed by atoms with van der Waals surface area (Å²) in [4.78, 5) is 2.44. The van der Waals surface area contributed by atoms with Gasteiger partial charge in [0.2, 0.25) is 0 Å². The smallest absolute Gasteiger partial charge is 0.188 e. The minimum Gasteiger partial charge on any atom is -0.497 e. The fourth-order valence-electron chi connectivity index (χ4n) is 3.10. The fraction of sp³-hybridized carbons (Fsp3) is 0.600. The van der Waals surface area contributed by atoms with E-state index in [0.717, 1.165) is 43.3 Å². The highest BCUT2D eigenvalue weighted by molar-refractivity contribution is 5.48. The second-order valence-electron chi connectivity index (χ2n) is 7.76. The average Bonchev–Trinajstić information content (AvgIpc) is 3.38. The first-order valence-electron chi connectivity index (χ1n) is 9.01. The largest absolute Gasteiger partial charge is 0.497 e. The van der Waals surface area contributed by atoms with E-state index in [1.807, 2.05) is 12.1 Å². The van der Waals surface area contributed by atoms with E-state index >= 15 is 0 Å². The van der Waals surface area contributed by atoms with Gasteiger partial charge < -0.3 is 19.7 Å². The predicted molar refractivity (Wildman–Crippen MR) is 98.3 cm³/mol. The van der Waals surface area contributed by atoms with Crippen LogP contribution >= 0.6 is 0 Å². The molecule has 0 aromatic heterocycles. The molecule has 0 spiro atoms. The molecule has 1 saturated heterocycles. The van der Waals surface area contributed by atoms with Crippen molar-refractivity contribution in [3.8, 4) is 5.75 Å². The molecule has 4 heteroatoms. The second kappa shape index (κ2) is 6.96. The maximum atomic E-state index is 6.25. The molecule has 1 aromatic carbocycles. The Morgan fingerprint density at radius 2 is 1.88 bits per heavy atom. The number of ether oxygens (including phenoxy) is 2. The number of likely N-dealkylation sites (tertiary alicyclic amines) is 1. The van der Waals surface area contributed by atoms with Gasteiger partial charge in [0.15, 0.2) is 5.88 Å². The lowest BCUT2D eigenvalue weighted by atomic mass is 10.0. The van der Waals surface area contributed by atoms with Gasteiger partial charge in [-0.1, -0.05) is 6.07 Å². The van der Waals surface area contributed by atoms with E-state index in [1.165, 1.54) is 18.4 Å². The summed E-state index contributed by atoms with van der Waals surface area (Å²) in [5.74, 6) is 2.05. The van der Waals surface area contributed by atoms with Crippen LogP contribution in [0.5, 0.6) is 5.75 Å². The van der Waals surface area contributed by atoms with Crippen LogP contribution in [0.25, 0.3) is 0 Å². The van der Waals surface area contributed by atoms with Crippen molar-refractivity contribution in [1.82, 2.24) is 4.90 Å². The van der Waals surface area contributed by atoms with Gasteiger partial charge in [0, 0.05) is 30.9 Å². The number of piperidine rings is 1. The Kier molecular flexibility index (Phi) is 4.93. The van der Waals surface area contributed by atoms with Crippen LogP contribution < -0.4 is 10.1 Å². The van der Waals surface area contributed by atoms with Gasteiger partial charge >= 0.3 is 0 Å². The van der Waals surface area contributed by atoms with E-state index in [1.54, 1.807) is 7.11 Å². The van der Waals surface area contributed by atoms with Crippen LogP contribution in [0.4, 0.5) is 5.69 Å². The molecule has 1 heterocycles. The van der Waals surface area contributed by atoms with Gasteiger partial charge in [-0.15, -0.1) is 0 Å². The lowest BCUT2D eigenvalue weighted by Crippen LogP contribution is -2.40. The highest BCUT2D eigenvalue weighted by atomic mass is 16.5. The Bertz CT molecular complexity index is 590. The van der Waals surface area contributed by atoms with Gasteiger partial charge in [-0.2, -0.15) is 0 Å². The van der Waals surface area contributed by atoms with Crippen LogP contribution in [0, 0.1) is 0 Å². The van der Waals surface area contributed by atoms with Gasteiger partial charge in [0.25, 0.3) is 0 Å². The van der Waals surface area contributed by atoms with Gasteiger partial charge in [0.1, 0.15) is 11.4 Å². The predicted octanol–water partition coefficient (Wildman–Crippen LogP) is 4.39. The summed E-state index contributed by atoms with van der Waals surface area (Å²) in [6, 6.07) is 8.69. The van der Waals surface area contributed by atoms with Crippen molar-refractivity contribution in [3.05, 3.63) is 35.7 Å². The maximum absolute atomic E-state index is 6.25. The molecule has 132 valence electrons. The Balaban J connectivity index is 1.56. The molecule has 0 amide bonds. The number of allylic oxidation sites excluding steroid dienone is 1. The quantitative estimate of drug-likeness (QED) is 0.812. The third-order valence-corrected chi connectivity index (χ3v) is 4.43. The summed E-state index contributed by atoms with van der Waals surface area (Å²) in [6.07, 6.45) is 4.66. The Labute approximate surface area is 145 Å². The van der Waals surface area contributed by atoms with E-state index in [0.29, 0.717) is 6.04 Å². The van der Waals surface area contributed by atoms with E-state index in [4.69, 9.17) is 9.47 Å². The minimum atomic E-state index is -0.124. The van der Waals surface area contributed by atoms with Gasteiger partial charge in [-0.3, -0.25) is 0 Å². The van der Waals surface area contributed by atoms with Crippen molar-refractivity contribution in [3.63, 3.8) is 0 Å². The number of rotatable bonds is 5. The lowest BCUT2D eigenvalue weighted by Gasteiger charge is -2.37. The zero-order valence-corrected chi connectivity index (χ0v) is 15.4. The monoisotopic (exact) mass is 330 g/mol. The standard InChI is InChI=1S/C20H30N2O2/c1-20(2,3)24-19(15-8-9-15)22-12-10-16(11-13-22)21-17-6-5-7-18(14-17)23-4/h5-7,14,16,21H,8-13H2,1-4H3. The van der Waals surface area contributed by atoms with E-state index in [9.17, 15) is 0 Å². The highest BCUT2D eigenvalue weighted by Crippen LogP contribution is 2.36. The number of benzene rings is 1. The van der Waals surface area contributed by atoms with Crippen LogP contribution in [0.15, 0.2) is 35.7 Å². The Morgan fingerprint density at radius 3 is 2.46 bits per heavy atom. The van der Waals surface area contributed by atoms with Crippen LogP contribution in [0.1, 0.15) is 46.5 Å². The SMILES string of the molecule is COc1cccc(NC2CCN(C(OC(C)(C)C)=C3CC3)CC2)c1. The molecule has 24 heavy (non-hydrogen) atoms. The fourth-order valence-corrected chi connectivity index (χ4v) is 3.10. The zero-order chi connectivity index (χ0) is 17.2. The Hall–Kier alpha value is -1.84. The minimum absolute atomic E-state index is 0.124. The number of anilines is 1. The molecule has 0 radical (unpaired) electrons. The highest BCUT2D eigenvalue weighted by Gasteiger charge is 2.30. The molecule has 0 atom stereocenters. The first kappa shape index (κ1) is 17.0. The number of nitrogens with one attached hydrogen (secondary N) is 1. The maximum Gasteiger partial charge on any atom is 0.188 e. The van der Waals surface area contributed by atoms with Gasteiger partial charge in [-0.25, -0.2) is 0 Å². The van der Waals surface area contributed by atoms with Crippen LogP contribution in [-0.2, 0) is 4.74 Å². The summed E-state index contributed by atoms with van der Waals surface area (Å²) in [5.41, 5.74) is 2.50. The average molecular weight is 330 g/mol. The first-order chi connectivity index (χ1) is 11.4. The van der Waals surface area contributed by atoms with E-state index in [-0.39, 0.29) is 5.60 Å². The van der Waals surface area contributed by atoms with Crippen molar-refractivity contribution in [2.24, 2.45) is 0 Å². The summed E-state index contributed by atoms with van der Waals surface area (Å²) in [6.45, 7) is 8.50. The second-order valence-corrected chi connectivity index (χ2v) is 7.76. The normalized spacial score (nSPS) is 18.3. The third-order valence-electron chi connectivity index (χ3n) is 4.43. The van der Waals surface area contributed by atoms with Crippen molar-refractivity contribution in [2.45, 2.75) is 58.1 Å². The van der Waals surface area contributed by atoms with E-state index in [2.05, 4.69) is 43.1 Å². The molecule has 1 aromatic rings. The van der Waals surface area contributed by atoms with Gasteiger partial charge in [0.05, 0.1) is 7.11 Å². The van der Waals surface area contributed by atoms with Crippen LogP contribution in [0.3, 0.4) is 0 Å². The molecule has 1 N–H and O–H groups in total. The number of hydrogen-bond donors (Lipinski definition) is 1. The summed E-state index contributed by atoms with van der Waals surface area (Å²) < 4.78 is 11.6. The van der Waals surface area contributed by atoms with Crippen LogP contribution in [0.2, 0.25) is 0 Å².